The van der Waals surface area contributed by atoms with E-state index in [2.05, 4.69) is 16.7 Å². The van der Waals surface area contributed by atoms with Crippen LogP contribution in [0.25, 0.3) is 0 Å². The van der Waals surface area contributed by atoms with Gasteiger partial charge in [-0.3, -0.25) is 4.79 Å². The highest BCUT2D eigenvalue weighted by Crippen LogP contribution is 2.18. The van der Waals surface area contributed by atoms with E-state index in [0.717, 1.165) is 35.8 Å². The topological polar surface area (TPSA) is 50.4 Å². The summed E-state index contributed by atoms with van der Waals surface area (Å²) in [7, 11) is 0. The van der Waals surface area contributed by atoms with Crippen LogP contribution in [0.5, 0.6) is 5.75 Å². The molecule has 1 heterocycles. The molecule has 1 amide bonds. The number of nitrogens with one attached hydrogen (secondary N) is 2. The van der Waals surface area contributed by atoms with Crippen molar-refractivity contribution in [1.82, 2.24) is 10.6 Å². The zero-order chi connectivity index (χ0) is 14.9. The molecule has 22 heavy (non-hydrogen) atoms. The van der Waals surface area contributed by atoms with Crippen LogP contribution in [0, 0.1) is 0 Å². The summed E-state index contributed by atoms with van der Waals surface area (Å²) in [5.74, 6) is 3.22. The molecule has 1 aromatic carbocycles. The van der Waals surface area contributed by atoms with Gasteiger partial charge < -0.3 is 15.4 Å². The van der Waals surface area contributed by atoms with Crippen molar-refractivity contribution in [1.29, 1.82) is 0 Å². The van der Waals surface area contributed by atoms with Crippen LogP contribution in [-0.4, -0.2) is 43.2 Å². The Labute approximate surface area is 143 Å². The summed E-state index contributed by atoms with van der Waals surface area (Å²) in [4.78, 5) is 11.9. The molecule has 1 aliphatic heterocycles. The van der Waals surface area contributed by atoms with E-state index >= 15 is 0 Å². The van der Waals surface area contributed by atoms with Gasteiger partial charge in [0.05, 0.1) is 6.61 Å². The van der Waals surface area contributed by atoms with Crippen LogP contribution in [0.1, 0.15) is 18.9 Å². The maximum absolute atomic E-state index is 11.9. The van der Waals surface area contributed by atoms with Crippen molar-refractivity contribution < 1.29 is 9.53 Å². The smallest absolute Gasteiger partial charge is 0.221 e. The molecule has 1 atom stereocenters. The molecule has 0 saturated carbocycles. The molecule has 2 rings (SSSR count). The summed E-state index contributed by atoms with van der Waals surface area (Å²) in [5.41, 5.74) is 1.14. The molecule has 6 heteroatoms. The standard InChI is InChI=1S/C16H24N2O2S.ClH/c1-2-20-15-6-4-3-5-13(15)7-8-18-16(19)11-14-12-21-10-9-17-14;/h3-6,14,17H,2,7-12H2,1H3,(H,18,19);1H. The van der Waals surface area contributed by atoms with Gasteiger partial charge in [-0.1, -0.05) is 18.2 Å². The summed E-state index contributed by atoms with van der Waals surface area (Å²) < 4.78 is 5.59. The Morgan fingerprint density at radius 2 is 2.27 bits per heavy atom. The minimum absolute atomic E-state index is 0. The maximum Gasteiger partial charge on any atom is 0.221 e. The summed E-state index contributed by atoms with van der Waals surface area (Å²) in [6, 6.07) is 8.32. The van der Waals surface area contributed by atoms with Gasteiger partial charge in [0, 0.05) is 37.1 Å². The van der Waals surface area contributed by atoms with Gasteiger partial charge in [-0.2, -0.15) is 11.8 Å². The van der Waals surface area contributed by atoms with Gasteiger partial charge in [0.1, 0.15) is 5.75 Å². The Kier molecular flexibility index (Phi) is 9.36. The number of rotatable bonds is 7. The second-order valence-corrected chi connectivity index (χ2v) is 6.22. The molecule has 124 valence electrons. The molecule has 0 aromatic heterocycles. The van der Waals surface area contributed by atoms with Gasteiger partial charge in [0.2, 0.25) is 5.91 Å². The summed E-state index contributed by atoms with van der Waals surface area (Å²) >= 11 is 1.91. The average molecular weight is 345 g/mol. The number of hydrogen-bond donors (Lipinski definition) is 2. The fraction of sp³-hybridized carbons (Fsp3) is 0.562. The fourth-order valence-electron chi connectivity index (χ4n) is 2.39. The maximum atomic E-state index is 11.9. The molecule has 1 saturated heterocycles. The molecule has 1 unspecified atom stereocenters. The highest BCUT2D eigenvalue weighted by Gasteiger charge is 2.16. The molecule has 0 radical (unpaired) electrons. The molecule has 1 fully saturated rings. The monoisotopic (exact) mass is 344 g/mol. The first-order chi connectivity index (χ1) is 10.3. The fourth-order valence-corrected chi connectivity index (χ4v) is 3.34. The minimum atomic E-state index is 0. The van der Waals surface area contributed by atoms with Crippen LogP contribution in [0.2, 0.25) is 0 Å². The van der Waals surface area contributed by atoms with Crippen molar-refractivity contribution >= 4 is 30.1 Å². The van der Waals surface area contributed by atoms with Crippen LogP contribution < -0.4 is 15.4 Å². The highest BCUT2D eigenvalue weighted by molar-refractivity contribution is 7.99. The van der Waals surface area contributed by atoms with Crippen molar-refractivity contribution in [2.75, 3.05) is 31.2 Å². The molecule has 2 N–H and O–H groups in total. The Bertz CT molecular complexity index is 454. The van der Waals surface area contributed by atoms with Gasteiger partial charge in [-0.15, -0.1) is 12.4 Å². The lowest BCUT2D eigenvalue weighted by Crippen LogP contribution is -2.41. The van der Waals surface area contributed by atoms with E-state index in [1.165, 1.54) is 0 Å². The zero-order valence-electron chi connectivity index (χ0n) is 13.0. The first-order valence-corrected chi connectivity index (χ1v) is 8.73. The molecule has 1 aliphatic rings. The lowest BCUT2D eigenvalue weighted by molar-refractivity contribution is -0.121. The van der Waals surface area contributed by atoms with Crippen LogP contribution >= 0.6 is 24.2 Å². The molecular weight excluding hydrogens is 320 g/mol. The van der Waals surface area contributed by atoms with Crippen molar-refractivity contribution in [3.05, 3.63) is 29.8 Å². The SMILES string of the molecule is CCOc1ccccc1CCNC(=O)CC1CSCCN1.Cl. The average Bonchev–Trinajstić information content (AvgIpc) is 2.50. The first-order valence-electron chi connectivity index (χ1n) is 7.58. The quantitative estimate of drug-likeness (QED) is 0.796. The predicted molar refractivity (Wildman–Crippen MR) is 95.3 cm³/mol. The molecular formula is C16H25ClN2O2S. The van der Waals surface area contributed by atoms with E-state index in [4.69, 9.17) is 4.74 Å². The Balaban J connectivity index is 0.00000242. The lowest BCUT2D eigenvalue weighted by atomic mass is 10.1. The Morgan fingerprint density at radius 3 is 3.00 bits per heavy atom. The van der Waals surface area contributed by atoms with E-state index in [1.54, 1.807) is 0 Å². The Morgan fingerprint density at radius 1 is 1.45 bits per heavy atom. The number of amides is 1. The molecule has 0 spiro atoms. The van der Waals surface area contributed by atoms with Crippen molar-refractivity contribution in [2.45, 2.75) is 25.8 Å². The number of carbonyl (C=O) groups excluding carboxylic acids is 1. The van der Waals surface area contributed by atoms with Crippen LogP contribution in [0.3, 0.4) is 0 Å². The molecule has 4 nitrogen and oxygen atoms in total. The second kappa shape index (κ2) is 10.8. The van der Waals surface area contributed by atoms with E-state index in [-0.39, 0.29) is 18.3 Å². The van der Waals surface area contributed by atoms with Gasteiger partial charge in [-0.05, 0) is 25.0 Å². The minimum Gasteiger partial charge on any atom is -0.494 e. The van der Waals surface area contributed by atoms with Crippen LogP contribution in [-0.2, 0) is 11.2 Å². The second-order valence-electron chi connectivity index (χ2n) is 5.07. The van der Waals surface area contributed by atoms with Gasteiger partial charge in [-0.25, -0.2) is 0 Å². The number of thioether (sulfide) groups is 1. The summed E-state index contributed by atoms with van der Waals surface area (Å²) in [6.07, 6.45) is 1.37. The first kappa shape index (κ1) is 19.1. The van der Waals surface area contributed by atoms with E-state index in [1.807, 2.05) is 36.9 Å². The van der Waals surface area contributed by atoms with Crippen molar-refractivity contribution in [2.24, 2.45) is 0 Å². The number of ether oxygens (including phenoxy) is 1. The number of hydrogen-bond acceptors (Lipinski definition) is 4. The van der Waals surface area contributed by atoms with Crippen molar-refractivity contribution in [3.8, 4) is 5.75 Å². The molecule has 1 aromatic rings. The number of para-hydroxylation sites is 1. The Hall–Kier alpha value is -0.910. The predicted octanol–water partition coefficient (Wildman–Crippen LogP) is 2.26. The van der Waals surface area contributed by atoms with Crippen LogP contribution in [0.15, 0.2) is 24.3 Å². The lowest BCUT2D eigenvalue weighted by Gasteiger charge is -2.22. The van der Waals surface area contributed by atoms with Crippen molar-refractivity contribution in [3.63, 3.8) is 0 Å². The third kappa shape index (κ3) is 6.46. The van der Waals surface area contributed by atoms with Gasteiger partial charge >= 0.3 is 0 Å². The van der Waals surface area contributed by atoms with Gasteiger partial charge in [0.15, 0.2) is 0 Å². The number of benzene rings is 1. The van der Waals surface area contributed by atoms with Gasteiger partial charge in [0.25, 0.3) is 0 Å². The highest BCUT2D eigenvalue weighted by atomic mass is 35.5. The summed E-state index contributed by atoms with van der Waals surface area (Å²) in [5, 5.41) is 6.39. The van der Waals surface area contributed by atoms with Crippen LogP contribution in [0.4, 0.5) is 0 Å². The normalized spacial score (nSPS) is 17.4. The largest absolute Gasteiger partial charge is 0.494 e. The number of halogens is 1. The molecule has 0 bridgehead atoms. The summed E-state index contributed by atoms with van der Waals surface area (Å²) in [6.45, 7) is 4.30. The number of carbonyl (C=O) groups is 1. The third-order valence-electron chi connectivity index (χ3n) is 3.42. The van der Waals surface area contributed by atoms with E-state index < -0.39 is 0 Å². The molecule has 0 aliphatic carbocycles. The third-order valence-corrected chi connectivity index (χ3v) is 4.55. The zero-order valence-corrected chi connectivity index (χ0v) is 14.6. The van der Waals surface area contributed by atoms with E-state index in [0.29, 0.717) is 25.6 Å². The van der Waals surface area contributed by atoms with E-state index in [9.17, 15) is 4.79 Å².